The Labute approximate surface area is 106 Å². The summed E-state index contributed by atoms with van der Waals surface area (Å²) in [6.45, 7) is 0. The van der Waals surface area contributed by atoms with Gasteiger partial charge in [-0.3, -0.25) is 0 Å². The lowest BCUT2D eigenvalue weighted by molar-refractivity contribution is 0.350. The van der Waals surface area contributed by atoms with E-state index in [-0.39, 0.29) is 11.9 Å². The smallest absolute Gasteiger partial charge is 0.129 e. The number of hydrogen-bond acceptors (Lipinski definition) is 1. The molecule has 2 aliphatic rings. The Kier molecular flexibility index (Phi) is 2.87. The van der Waals surface area contributed by atoms with E-state index in [2.05, 4.69) is 5.32 Å². The Bertz CT molecular complexity index is 424. The molecule has 0 heterocycles. The molecule has 1 aromatic rings. The SMILES string of the molecule is CNC(c1ccc(Cl)cc1F)C1CC2CC2C1. The number of halogens is 2. The summed E-state index contributed by atoms with van der Waals surface area (Å²) in [5.74, 6) is 2.24. The molecule has 0 bridgehead atoms. The Morgan fingerprint density at radius 3 is 2.59 bits per heavy atom. The third kappa shape index (κ3) is 2.09. The van der Waals surface area contributed by atoms with E-state index in [1.54, 1.807) is 6.07 Å². The molecule has 17 heavy (non-hydrogen) atoms. The highest BCUT2D eigenvalue weighted by Gasteiger charge is 2.48. The summed E-state index contributed by atoms with van der Waals surface area (Å²) < 4.78 is 13.9. The highest BCUT2D eigenvalue weighted by atomic mass is 35.5. The van der Waals surface area contributed by atoms with Gasteiger partial charge in [0, 0.05) is 16.6 Å². The monoisotopic (exact) mass is 253 g/mol. The van der Waals surface area contributed by atoms with Crippen LogP contribution in [0.5, 0.6) is 0 Å². The molecule has 1 aromatic carbocycles. The molecular formula is C14H17ClFN. The molecule has 0 aromatic heterocycles. The lowest BCUT2D eigenvalue weighted by atomic mass is 9.89. The Morgan fingerprint density at radius 1 is 1.29 bits per heavy atom. The summed E-state index contributed by atoms with van der Waals surface area (Å²) in [6.07, 6.45) is 3.90. The summed E-state index contributed by atoms with van der Waals surface area (Å²) in [6, 6.07) is 5.15. The molecule has 3 heteroatoms. The van der Waals surface area contributed by atoms with Gasteiger partial charge in [0.1, 0.15) is 5.82 Å². The van der Waals surface area contributed by atoms with Crippen molar-refractivity contribution in [1.29, 1.82) is 0 Å². The average Bonchev–Trinajstić information content (AvgIpc) is 2.90. The fraction of sp³-hybridized carbons (Fsp3) is 0.571. The van der Waals surface area contributed by atoms with Gasteiger partial charge >= 0.3 is 0 Å². The van der Waals surface area contributed by atoms with E-state index in [9.17, 15) is 4.39 Å². The van der Waals surface area contributed by atoms with Crippen molar-refractivity contribution < 1.29 is 4.39 Å². The second kappa shape index (κ2) is 4.25. The average molecular weight is 254 g/mol. The van der Waals surface area contributed by atoms with Crippen LogP contribution in [0.2, 0.25) is 5.02 Å². The van der Waals surface area contributed by atoms with Crippen LogP contribution in [0.3, 0.4) is 0 Å². The molecule has 2 fully saturated rings. The second-order valence-corrected chi connectivity index (χ2v) is 5.86. The van der Waals surface area contributed by atoms with E-state index in [0.717, 1.165) is 17.4 Å². The first kappa shape index (κ1) is 11.5. The highest BCUT2D eigenvalue weighted by molar-refractivity contribution is 6.30. The topological polar surface area (TPSA) is 12.0 Å². The summed E-state index contributed by atoms with van der Waals surface area (Å²) >= 11 is 5.79. The minimum absolute atomic E-state index is 0.139. The summed E-state index contributed by atoms with van der Waals surface area (Å²) in [5.41, 5.74) is 0.767. The van der Waals surface area contributed by atoms with Crippen molar-refractivity contribution in [2.24, 2.45) is 17.8 Å². The molecule has 92 valence electrons. The van der Waals surface area contributed by atoms with Crippen LogP contribution < -0.4 is 5.32 Å². The van der Waals surface area contributed by atoms with E-state index >= 15 is 0 Å². The van der Waals surface area contributed by atoms with Crippen molar-refractivity contribution in [3.63, 3.8) is 0 Å². The zero-order valence-electron chi connectivity index (χ0n) is 9.92. The van der Waals surface area contributed by atoms with Gasteiger partial charge < -0.3 is 5.32 Å². The van der Waals surface area contributed by atoms with Crippen LogP contribution in [-0.4, -0.2) is 7.05 Å². The number of rotatable bonds is 3. The first-order valence-electron chi connectivity index (χ1n) is 6.31. The van der Waals surface area contributed by atoms with Gasteiger partial charge in [-0.2, -0.15) is 0 Å². The summed E-state index contributed by atoms with van der Waals surface area (Å²) in [4.78, 5) is 0. The molecule has 0 saturated heterocycles. The molecule has 1 nitrogen and oxygen atoms in total. The number of benzene rings is 1. The van der Waals surface area contributed by atoms with Gasteiger partial charge in [-0.25, -0.2) is 4.39 Å². The van der Waals surface area contributed by atoms with Crippen molar-refractivity contribution in [3.8, 4) is 0 Å². The maximum atomic E-state index is 13.9. The standard InChI is InChI=1S/C14H17ClFN/c1-17-14(10-5-8-4-9(8)6-10)12-3-2-11(15)7-13(12)16/h2-3,7-10,14,17H,4-6H2,1H3. The third-order valence-corrected chi connectivity index (χ3v) is 4.60. The molecule has 0 aliphatic heterocycles. The number of nitrogens with one attached hydrogen (secondary N) is 1. The van der Waals surface area contributed by atoms with Crippen LogP contribution in [0, 0.1) is 23.6 Å². The van der Waals surface area contributed by atoms with Gasteiger partial charge in [0.05, 0.1) is 0 Å². The fourth-order valence-electron chi connectivity index (χ4n) is 3.43. The van der Waals surface area contributed by atoms with Crippen molar-refractivity contribution in [3.05, 3.63) is 34.6 Å². The molecule has 3 unspecified atom stereocenters. The van der Waals surface area contributed by atoms with E-state index in [1.807, 2.05) is 13.1 Å². The molecule has 2 aliphatic carbocycles. The fourth-order valence-corrected chi connectivity index (χ4v) is 3.59. The molecular weight excluding hydrogens is 237 g/mol. The molecule has 2 saturated carbocycles. The lowest BCUT2D eigenvalue weighted by Gasteiger charge is -2.25. The van der Waals surface area contributed by atoms with E-state index in [1.165, 1.54) is 25.3 Å². The van der Waals surface area contributed by atoms with Crippen molar-refractivity contribution in [1.82, 2.24) is 5.32 Å². The third-order valence-electron chi connectivity index (χ3n) is 4.36. The van der Waals surface area contributed by atoms with Crippen LogP contribution in [0.1, 0.15) is 30.9 Å². The molecule has 3 atom stereocenters. The Hall–Kier alpha value is -0.600. The molecule has 0 radical (unpaired) electrons. The Morgan fingerprint density at radius 2 is 2.00 bits per heavy atom. The number of fused-ring (bicyclic) bond motifs is 1. The van der Waals surface area contributed by atoms with Gasteiger partial charge in [0.15, 0.2) is 0 Å². The van der Waals surface area contributed by atoms with E-state index < -0.39 is 0 Å². The summed E-state index contributed by atoms with van der Waals surface area (Å²) in [5, 5.41) is 3.75. The normalized spacial score (nSPS) is 32.3. The van der Waals surface area contributed by atoms with Crippen molar-refractivity contribution in [2.45, 2.75) is 25.3 Å². The van der Waals surface area contributed by atoms with Gasteiger partial charge in [0.2, 0.25) is 0 Å². The maximum Gasteiger partial charge on any atom is 0.129 e. The quantitative estimate of drug-likeness (QED) is 0.864. The first-order chi connectivity index (χ1) is 8.19. The first-order valence-corrected chi connectivity index (χ1v) is 6.69. The second-order valence-electron chi connectivity index (χ2n) is 5.42. The van der Waals surface area contributed by atoms with Crippen LogP contribution in [0.4, 0.5) is 4.39 Å². The van der Waals surface area contributed by atoms with Crippen LogP contribution in [-0.2, 0) is 0 Å². The van der Waals surface area contributed by atoms with Crippen molar-refractivity contribution in [2.75, 3.05) is 7.05 Å². The molecule has 1 N–H and O–H groups in total. The highest BCUT2D eigenvalue weighted by Crippen LogP contribution is 2.57. The van der Waals surface area contributed by atoms with Crippen LogP contribution in [0.25, 0.3) is 0 Å². The maximum absolute atomic E-state index is 13.9. The number of hydrogen-bond donors (Lipinski definition) is 1. The lowest BCUT2D eigenvalue weighted by Crippen LogP contribution is -2.25. The zero-order valence-corrected chi connectivity index (χ0v) is 10.7. The predicted octanol–water partition coefficient (Wildman–Crippen LogP) is 3.79. The Balaban J connectivity index is 1.84. The van der Waals surface area contributed by atoms with Crippen LogP contribution in [0.15, 0.2) is 18.2 Å². The van der Waals surface area contributed by atoms with Gasteiger partial charge in [-0.05, 0) is 56.2 Å². The van der Waals surface area contributed by atoms with E-state index in [4.69, 9.17) is 11.6 Å². The van der Waals surface area contributed by atoms with E-state index in [0.29, 0.717) is 10.9 Å². The predicted molar refractivity (Wildman–Crippen MR) is 67.5 cm³/mol. The largest absolute Gasteiger partial charge is 0.313 e. The summed E-state index contributed by atoms with van der Waals surface area (Å²) in [7, 11) is 1.92. The zero-order chi connectivity index (χ0) is 12.0. The molecule has 3 rings (SSSR count). The minimum atomic E-state index is -0.183. The molecule has 0 amide bonds. The van der Waals surface area contributed by atoms with Crippen molar-refractivity contribution >= 4 is 11.6 Å². The van der Waals surface area contributed by atoms with Gasteiger partial charge in [-0.1, -0.05) is 17.7 Å². The minimum Gasteiger partial charge on any atom is -0.313 e. The van der Waals surface area contributed by atoms with Gasteiger partial charge in [0.25, 0.3) is 0 Å². The van der Waals surface area contributed by atoms with Crippen LogP contribution >= 0.6 is 11.6 Å². The van der Waals surface area contributed by atoms with Gasteiger partial charge in [-0.15, -0.1) is 0 Å². The molecule has 0 spiro atoms.